The van der Waals surface area contributed by atoms with E-state index in [1.54, 1.807) is 0 Å². The van der Waals surface area contributed by atoms with Crippen LogP contribution in [0.2, 0.25) is 0 Å². The summed E-state index contributed by atoms with van der Waals surface area (Å²) in [4.78, 5) is 31.0. The number of carboxylic acids is 3. The van der Waals surface area contributed by atoms with Gasteiger partial charge in [0, 0.05) is 18.3 Å². The van der Waals surface area contributed by atoms with Gasteiger partial charge in [-0.05, 0) is 30.8 Å². The number of aliphatic hydroxyl groups is 1. The summed E-state index contributed by atoms with van der Waals surface area (Å²) in [6.07, 6.45) is 5.21. The van der Waals surface area contributed by atoms with Crippen molar-refractivity contribution in [2.24, 2.45) is 5.41 Å². The highest BCUT2D eigenvalue weighted by molar-refractivity contribution is 5.92. The normalized spacial score (nSPS) is 11.6. The van der Waals surface area contributed by atoms with Gasteiger partial charge in [0.1, 0.15) is 0 Å². The van der Waals surface area contributed by atoms with Crippen molar-refractivity contribution in [2.45, 2.75) is 40.0 Å². The average molecular weight is 342 g/mol. The molecular weight excluding hydrogens is 316 g/mol. The fourth-order valence-corrected chi connectivity index (χ4v) is 1.37. The first-order valence-corrected chi connectivity index (χ1v) is 7.29. The highest BCUT2D eigenvalue weighted by Gasteiger charge is 2.11. The topological polar surface area (TPSA) is 132 Å². The molecule has 136 valence electrons. The smallest absolute Gasteiger partial charge is 0.335 e. The van der Waals surface area contributed by atoms with Crippen LogP contribution in [-0.2, 0) is 14.4 Å². The molecule has 0 bridgehead atoms. The lowest BCUT2D eigenvalue weighted by Crippen LogP contribution is -2.06. The molecule has 24 heavy (non-hydrogen) atoms. The molecule has 0 radical (unpaired) electrons. The molecule has 0 amide bonds. The minimum atomic E-state index is -1.16. The Morgan fingerprint density at radius 1 is 0.958 bits per heavy atom. The molecule has 7 heteroatoms. The third kappa shape index (κ3) is 16.0. The third-order valence-electron chi connectivity index (χ3n) is 2.43. The summed E-state index contributed by atoms with van der Waals surface area (Å²) in [5.74, 6) is -3.23. The van der Waals surface area contributed by atoms with Gasteiger partial charge in [0.2, 0.25) is 0 Å². The van der Waals surface area contributed by atoms with Crippen molar-refractivity contribution in [3.8, 4) is 0 Å². The summed E-state index contributed by atoms with van der Waals surface area (Å²) in [5.41, 5.74) is -0.0929. The van der Waals surface area contributed by atoms with Gasteiger partial charge >= 0.3 is 17.9 Å². The van der Waals surface area contributed by atoms with Gasteiger partial charge in [-0.25, -0.2) is 14.4 Å². The number of unbranched alkanes of at least 4 members (excludes halogenated alkanes) is 1. The molecule has 0 aliphatic carbocycles. The quantitative estimate of drug-likeness (QED) is 0.302. The fraction of sp³-hybridized carbons (Fsp3) is 0.471. The number of allylic oxidation sites excluding steroid dienone is 1. The first-order valence-electron chi connectivity index (χ1n) is 7.29. The Balaban J connectivity index is 0. The summed E-state index contributed by atoms with van der Waals surface area (Å²) in [5, 5.41) is 33.7. The van der Waals surface area contributed by atoms with Crippen LogP contribution in [0.25, 0.3) is 0 Å². The van der Waals surface area contributed by atoms with Crippen LogP contribution in [0, 0.1) is 5.41 Å². The van der Waals surface area contributed by atoms with Crippen LogP contribution in [-0.4, -0.2) is 44.9 Å². The first kappa shape index (κ1) is 23.9. The number of carboxylic acid groups (broad SMARTS) is 3. The Morgan fingerprint density at radius 2 is 1.50 bits per heavy atom. The van der Waals surface area contributed by atoms with Gasteiger partial charge in [-0.2, -0.15) is 0 Å². The fourth-order valence-electron chi connectivity index (χ4n) is 1.37. The van der Waals surface area contributed by atoms with Crippen LogP contribution in [0.5, 0.6) is 0 Å². The molecule has 0 saturated heterocycles. The van der Waals surface area contributed by atoms with Crippen molar-refractivity contribution >= 4 is 17.9 Å². The second-order valence-corrected chi connectivity index (χ2v) is 6.03. The van der Waals surface area contributed by atoms with Crippen molar-refractivity contribution in [2.75, 3.05) is 6.61 Å². The minimum Gasteiger partial charge on any atom is -0.478 e. The van der Waals surface area contributed by atoms with Crippen LogP contribution in [0.15, 0.2) is 36.0 Å². The number of carbonyl (C=O) groups is 3. The van der Waals surface area contributed by atoms with E-state index in [-0.39, 0.29) is 23.2 Å². The van der Waals surface area contributed by atoms with E-state index in [9.17, 15) is 14.4 Å². The molecular formula is C17H26O7. The first-order chi connectivity index (χ1) is 10.9. The standard InChI is InChI=1S/C10H14O4.C7H12O3/c1-10(2,3)6-7(9(13)14)4-5-8(11)12;1-6(7(9)10)4-2-3-5-8/h4-6H,1-3H3,(H,11,12)(H,13,14);8H,1-5H2,(H,9,10). The lowest BCUT2D eigenvalue weighted by Gasteiger charge is -2.12. The van der Waals surface area contributed by atoms with Crippen molar-refractivity contribution < 1.29 is 34.8 Å². The SMILES string of the molecule is C=C(CCCCO)C(=O)O.CC(C)(C)C=C(C=CC(=O)O)C(=O)O. The summed E-state index contributed by atoms with van der Waals surface area (Å²) >= 11 is 0. The maximum Gasteiger partial charge on any atom is 0.335 e. The maximum absolute atomic E-state index is 10.7. The number of hydrogen-bond donors (Lipinski definition) is 4. The van der Waals surface area contributed by atoms with Crippen LogP contribution in [0.3, 0.4) is 0 Å². The molecule has 0 aliphatic rings. The third-order valence-corrected chi connectivity index (χ3v) is 2.43. The zero-order valence-corrected chi connectivity index (χ0v) is 14.3. The Labute approximate surface area is 141 Å². The number of aliphatic carboxylic acids is 3. The van der Waals surface area contributed by atoms with Gasteiger partial charge in [-0.15, -0.1) is 0 Å². The zero-order chi connectivity index (χ0) is 19.3. The van der Waals surface area contributed by atoms with Crippen LogP contribution in [0.1, 0.15) is 40.0 Å². The predicted octanol–water partition coefficient (Wildman–Crippen LogP) is 2.47. The van der Waals surface area contributed by atoms with Crippen molar-refractivity contribution in [1.82, 2.24) is 0 Å². The molecule has 7 nitrogen and oxygen atoms in total. The van der Waals surface area contributed by atoms with E-state index in [0.717, 1.165) is 12.2 Å². The molecule has 0 fully saturated rings. The maximum atomic E-state index is 10.7. The molecule has 0 unspecified atom stereocenters. The molecule has 0 aromatic rings. The zero-order valence-electron chi connectivity index (χ0n) is 14.3. The number of hydrogen-bond acceptors (Lipinski definition) is 4. The molecule has 0 aromatic heterocycles. The van der Waals surface area contributed by atoms with Gasteiger partial charge in [0.25, 0.3) is 0 Å². The summed E-state index contributed by atoms with van der Waals surface area (Å²) in [6, 6.07) is 0. The molecule has 0 spiro atoms. The summed E-state index contributed by atoms with van der Waals surface area (Å²) in [7, 11) is 0. The largest absolute Gasteiger partial charge is 0.478 e. The van der Waals surface area contributed by atoms with Crippen LogP contribution >= 0.6 is 0 Å². The Morgan fingerprint density at radius 3 is 1.83 bits per heavy atom. The van der Waals surface area contributed by atoms with Gasteiger partial charge in [-0.1, -0.05) is 33.4 Å². The van der Waals surface area contributed by atoms with E-state index in [2.05, 4.69) is 6.58 Å². The molecule has 0 atom stereocenters. The second kappa shape index (κ2) is 12.1. The highest BCUT2D eigenvalue weighted by Crippen LogP contribution is 2.18. The molecule has 0 heterocycles. The molecule has 0 saturated carbocycles. The Bertz CT molecular complexity index is 508. The van der Waals surface area contributed by atoms with E-state index in [1.165, 1.54) is 6.08 Å². The molecule has 0 aromatic carbocycles. The Kier molecular flexibility index (Phi) is 12.0. The van der Waals surface area contributed by atoms with E-state index < -0.39 is 17.9 Å². The van der Waals surface area contributed by atoms with Gasteiger partial charge < -0.3 is 20.4 Å². The molecule has 0 rings (SSSR count). The van der Waals surface area contributed by atoms with Crippen molar-refractivity contribution in [1.29, 1.82) is 0 Å². The lowest BCUT2D eigenvalue weighted by molar-refractivity contribution is -0.133. The van der Waals surface area contributed by atoms with Gasteiger partial charge in [0.15, 0.2) is 0 Å². The monoisotopic (exact) mass is 342 g/mol. The van der Waals surface area contributed by atoms with E-state index in [4.69, 9.17) is 20.4 Å². The second-order valence-electron chi connectivity index (χ2n) is 6.03. The average Bonchev–Trinajstić information content (AvgIpc) is 2.42. The van der Waals surface area contributed by atoms with E-state index >= 15 is 0 Å². The minimum absolute atomic E-state index is 0.0140. The summed E-state index contributed by atoms with van der Waals surface area (Å²) in [6.45, 7) is 8.98. The lowest BCUT2D eigenvalue weighted by atomic mass is 9.93. The number of rotatable bonds is 8. The highest BCUT2D eigenvalue weighted by atomic mass is 16.4. The van der Waals surface area contributed by atoms with Gasteiger partial charge in [-0.3, -0.25) is 0 Å². The van der Waals surface area contributed by atoms with E-state index in [0.29, 0.717) is 19.3 Å². The van der Waals surface area contributed by atoms with Gasteiger partial charge in [0.05, 0.1) is 5.57 Å². The van der Waals surface area contributed by atoms with Crippen molar-refractivity contribution in [3.63, 3.8) is 0 Å². The predicted molar refractivity (Wildman–Crippen MR) is 89.7 cm³/mol. The number of aliphatic hydroxyl groups excluding tert-OH is 1. The molecule has 4 N–H and O–H groups in total. The molecule has 0 aliphatic heterocycles. The Hall–Kier alpha value is -2.41. The van der Waals surface area contributed by atoms with Crippen LogP contribution in [0.4, 0.5) is 0 Å². The summed E-state index contributed by atoms with van der Waals surface area (Å²) < 4.78 is 0. The van der Waals surface area contributed by atoms with E-state index in [1.807, 2.05) is 20.8 Å². The van der Waals surface area contributed by atoms with Crippen LogP contribution < -0.4 is 0 Å². The van der Waals surface area contributed by atoms with Crippen molar-refractivity contribution in [3.05, 3.63) is 36.0 Å².